The quantitative estimate of drug-likeness (QED) is 0.771. The van der Waals surface area contributed by atoms with Gasteiger partial charge in [-0.15, -0.1) is 11.3 Å². The van der Waals surface area contributed by atoms with Crippen LogP contribution < -0.4 is 10.6 Å². The van der Waals surface area contributed by atoms with E-state index in [4.69, 9.17) is 4.74 Å². The number of hydrogen-bond acceptors (Lipinski definition) is 4. The summed E-state index contributed by atoms with van der Waals surface area (Å²) < 4.78 is 6.09. The van der Waals surface area contributed by atoms with E-state index in [1.807, 2.05) is 13.8 Å². The van der Waals surface area contributed by atoms with Crippen LogP contribution in [0.3, 0.4) is 0 Å². The Balaban J connectivity index is 2.80. The molecule has 1 aromatic heterocycles. The number of esters is 1. The predicted octanol–water partition coefficient (Wildman–Crippen LogP) is 4.24. The van der Waals surface area contributed by atoms with E-state index in [0.29, 0.717) is 23.0 Å². The Morgan fingerprint density at radius 3 is 2.52 bits per heavy atom. The van der Waals surface area contributed by atoms with E-state index in [1.165, 1.54) is 11.3 Å². The number of carbonyl (C=O) groups is 2. The number of carbonyl (C=O) groups excluding carboxylic acids is 2. The van der Waals surface area contributed by atoms with Crippen LogP contribution in [-0.2, 0) is 4.74 Å². The minimum absolute atomic E-state index is 0.331. The summed E-state index contributed by atoms with van der Waals surface area (Å²) in [5.41, 5.74) is -0.232. The number of urea groups is 1. The van der Waals surface area contributed by atoms with E-state index in [2.05, 4.69) is 26.6 Å². The van der Waals surface area contributed by atoms with Gasteiger partial charge >= 0.3 is 12.0 Å². The number of rotatable bonds is 4. The molecule has 0 saturated carbocycles. The number of thiophene rings is 1. The molecule has 0 bridgehead atoms. The maximum Gasteiger partial charge on any atom is 0.341 e. The molecule has 0 aromatic carbocycles. The summed E-state index contributed by atoms with van der Waals surface area (Å²) in [6, 6.07) is 1.32. The van der Waals surface area contributed by atoms with Gasteiger partial charge in [-0.2, -0.15) is 0 Å². The molecule has 0 saturated heterocycles. The fourth-order valence-corrected chi connectivity index (χ4v) is 2.86. The van der Waals surface area contributed by atoms with Crippen LogP contribution in [0.4, 0.5) is 9.80 Å². The molecule has 0 fully saturated rings. The number of halogens is 1. The third-order valence-corrected chi connectivity index (χ3v) is 3.77. The largest absolute Gasteiger partial charge is 0.456 e. The van der Waals surface area contributed by atoms with Crippen molar-refractivity contribution in [2.75, 3.05) is 11.9 Å². The SMILES string of the molecule is CC(C)CNC(=O)Nc1sc(Br)cc1C(=O)OC(C)(C)C. The van der Waals surface area contributed by atoms with Crippen molar-refractivity contribution in [2.24, 2.45) is 5.92 Å². The van der Waals surface area contributed by atoms with Crippen LogP contribution in [0.25, 0.3) is 0 Å². The summed E-state index contributed by atoms with van der Waals surface area (Å²) in [7, 11) is 0. The standard InChI is InChI=1S/C14H21BrN2O3S/c1-8(2)7-16-13(19)17-11-9(6-10(15)21-11)12(18)20-14(3,4)5/h6,8H,7H2,1-5H3,(H2,16,17,19). The molecular weight excluding hydrogens is 356 g/mol. The first-order chi connectivity index (χ1) is 9.58. The first-order valence-electron chi connectivity index (χ1n) is 6.66. The van der Waals surface area contributed by atoms with Crippen LogP contribution >= 0.6 is 27.3 Å². The van der Waals surface area contributed by atoms with Gasteiger partial charge in [-0.1, -0.05) is 13.8 Å². The number of nitrogens with one attached hydrogen (secondary N) is 2. The lowest BCUT2D eigenvalue weighted by atomic mass is 10.2. The van der Waals surface area contributed by atoms with Crippen molar-refractivity contribution in [3.8, 4) is 0 Å². The Hall–Kier alpha value is -1.08. The van der Waals surface area contributed by atoms with Gasteiger partial charge in [0.05, 0.1) is 9.35 Å². The maximum atomic E-state index is 12.1. The highest BCUT2D eigenvalue weighted by atomic mass is 79.9. The van der Waals surface area contributed by atoms with Gasteiger partial charge < -0.3 is 10.1 Å². The summed E-state index contributed by atoms with van der Waals surface area (Å²) in [5.74, 6) is -0.0974. The molecule has 0 aliphatic carbocycles. The lowest BCUT2D eigenvalue weighted by Crippen LogP contribution is -2.32. The third-order valence-electron chi connectivity index (χ3n) is 2.22. The number of ether oxygens (including phenoxy) is 1. The molecule has 0 unspecified atom stereocenters. The normalized spacial score (nSPS) is 11.4. The van der Waals surface area contributed by atoms with Crippen molar-refractivity contribution in [3.63, 3.8) is 0 Å². The summed E-state index contributed by atoms with van der Waals surface area (Å²) in [5, 5.41) is 5.90. The summed E-state index contributed by atoms with van der Waals surface area (Å²) in [4.78, 5) is 23.9. The molecule has 0 aliphatic rings. The Kier molecular flexibility index (Phi) is 6.22. The fourth-order valence-electron chi connectivity index (χ4n) is 1.38. The zero-order valence-corrected chi connectivity index (χ0v) is 15.3. The first kappa shape index (κ1) is 18.0. The second-order valence-corrected chi connectivity index (χ2v) is 8.46. The van der Waals surface area contributed by atoms with Crippen LogP contribution in [0.1, 0.15) is 45.0 Å². The lowest BCUT2D eigenvalue weighted by molar-refractivity contribution is 0.00712. The van der Waals surface area contributed by atoms with Gasteiger partial charge in [0.25, 0.3) is 0 Å². The molecule has 2 amide bonds. The van der Waals surface area contributed by atoms with Gasteiger partial charge in [0.2, 0.25) is 0 Å². The molecule has 1 rings (SSSR count). The Labute approximate surface area is 137 Å². The highest BCUT2D eigenvalue weighted by Gasteiger charge is 2.23. The van der Waals surface area contributed by atoms with Crippen LogP contribution in [0.2, 0.25) is 0 Å². The van der Waals surface area contributed by atoms with Gasteiger partial charge in [-0.3, -0.25) is 5.32 Å². The Morgan fingerprint density at radius 1 is 1.38 bits per heavy atom. The molecule has 1 heterocycles. The van der Waals surface area contributed by atoms with E-state index >= 15 is 0 Å². The van der Waals surface area contributed by atoms with Crippen molar-refractivity contribution < 1.29 is 14.3 Å². The van der Waals surface area contributed by atoms with Gasteiger partial charge in [-0.05, 0) is 48.7 Å². The minimum atomic E-state index is -0.581. The lowest BCUT2D eigenvalue weighted by Gasteiger charge is -2.19. The van der Waals surface area contributed by atoms with Gasteiger partial charge in [-0.25, -0.2) is 9.59 Å². The van der Waals surface area contributed by atoms with Gasteiger partial charge in [0.1, 0.15) is 10.6 Å². The molecule has 1 aromatic rings. The smallest absolute Gasteiger partial charge is 0.341 e. The molecule has 0 spiro atoms. The first-order valence-corrected chi connectivity index (χ1v) is 8.27. The topological polar surface area (TPSA) is 67.4 Å². The molecule has 0 radical (unpaired) electrons. The van der Waals surface area contributed by atoms with E-state index < -0.39 is 11.6 Å². The predicted molar refractivity (Wildman–Crippen MR) is 89.0 cm³/mol. The second-order valence-electron chi connectivity index (χ2n) is 6.02. The zero-order valence-electron chi connectivity index (χ0n) is 12.9. The molecule has 7 heteroatoms. The Bertz CT molecular complexity index is 521. The zero-order chi connectivity index (χ0) is 16.2. The Morgan fingerprint density at radius 2 is 2.00 bits per heavy atom. The molecule has 0 aliphatic heterocycles. The molecular formula is C14H21BrN2O3S. The van der Waals surface area contributed by atoms with E-state index in [0.717, 1.165) is 3.79 Å². The monoisotopic (exact) mass is 376 g/mol. The third kappa shape index (κ3) is 6.48. The van der Waals surface area contributed by atoms with E-state index in [9.17, 15) is 9.59 Å². The molecule has 21 heavy (non-hydrogen) atoms. The fraction of sp³-hybridized carbons (Fsp3) is 0.571. The molecule has 0 atom stereocenters. The van der Waals surface area contributed by atoms with E-state index in [-0.39, 0.29) is 6.03 Å². The maximum absolute atomic E-state index is 12.1. The van der Waals surface area contributed by atoms with Crippen LogP contribution in [-0.4, -0.2) is 24.1 Å². The van der Waals surface area contributed by atoms with Crippen LogP contribution in [0.5, 0.6) is 0 Å². The average molecular weight is 377 g/mol. The number of anilines is 1. The second kappa shape index (κ2) is 7.26. The molecule has 118 valence electrons. The van der Waals surface area contributed by atoms with Crippen molar-refractivity contribution in [1.82, 2.24) is 5.32 Å². The van der Waals surface area contributed by atoms with Crippen molar-refractivity contribution >= 4 is 44.3 Å². The van der Waals surface area contributed by atoms with Gasteiger partial charge in [0, 0.05) is 6.54 Å². The van der Waals surface area contributed by atoms with Crippen LogP contribution in [0, 0.1) is 5.92 Å². The summed E-state index contributed by atoms with van der Waals surface area (Å²) >= 11 is 4.60. The average Bonchev–Trinajstić information content (AvgIpc) is 2.65. The van der Waals surface area contributed by atoms with Crippen molar-refractivity contribution in [3.05, 3.63) is 15.4 Å². The van der Waals surface area contributed by atoms with Gasteiger partial charge in [0.15, 0.2) is 0 Å². The van der Waals surface area contributed by atoms with Crippen molar-refractivity contribution in [1.29, 1.82) is 0 Å². The highest BCUT2D eigenvalue weighted by Crippen LogP contribution is 2.33. The number of amides is 2. The molecule has 5 nitrogen and oxygen atoms in total. The highest BCUT2D eigenvalue weighted by molar-refractivity contribution is 9.11. The summed E-state index contributed by atoms with van der Waals surface area (Å²) in [6.07, 6.45) is 0. The minimum Gasteiger partial charge on any atom is -0.456 e. The number of hydrogen-bond donors (Lipinski definition) is 2. The molecule has 2 N–H and O–H groups in total. The van der Waals surface area contributed by atoms with Crippen LogP contribution in [0.15, 0.2) is 9.85 Å². The summed E-state index contributed by atoms with van der Waals surface area (Å²) in [6.45, 7) is 9.99. The van der Waals surface area contributed by atoms with E-state index in [1.54, 1.807) is 26.8 Å². The van der Waals surface area contributed by atoms with Crippen molar-refractivity contribution in [2.45, 2.75) is 40.2 Å².